The molecule has 0 saturated carbocycles. The maximum Gasteiger partial charge on any atom is 0.313 e. The van der Waals surface area contributed by atoms with E-state index in [1.165, 1.54) is 14.2 Å². The third-order valence-electron chi connectivity index (χ3n) is 4.45. The van der Waals surface area contributed by atoms with E-state index in [0.29, 0.717) is 34.1 Å². The molecule has 0 N–H and O–H groups in total. The van der Waals surface area contributed by atoms with Crippen molar-refractivity contribution in [1.82, 2.24) is 0 Å². The van der Waals surface area contributed by atoms with Crippen molar-refractivity contribution in [3.63, 3.8) is 0 Å². The van der Waals surface area contributed by atoms with Gasteiger partial charge in [0.1, 0.15) is 29.4 Å². The van der Waals surface area contributed by atoms with Gasteiger partial charge in [-0.25, -0.2) is 0 Å². The van der Waals surface area contributed by atoms with Crippen molar-refractivity contribution >= 4 is 11.8 Å². The van der Waals surface area contributed by atoms with Gasteiger partial charge in [-0.2, -0.15) is 0 Å². The van der Waals surface area contributed by atoms with Gasteiger partial charge < -0.3 is 23.7 Å². The Morgan fingerprint density at radius 3 is 1.66 bits per heavy atom. The van der Waals surface area contributed by atoms with Crippen molar-refractivity contribution in [3.8, 4) is 23.0 Å². The molecule has 156 valence electrons. The summed E-state index contributed by atoms with van der Waals surface area (Å²) in [6.07, 6.45) is -0.372. The lowest BCUT2D eigenvalue weighted by Gasteiger charge is -2.22. The van der Waals surface area contributed by atoms with E-state index in [1.807, 2.05) is 0 Å². The Morgan fingerprint density at radius 2 is 1.28 bits per heavy atom. The van der Waals surface area contributed by atoms with Gasteiger partial charge in [0.25, 0.3) is 0 Å². The molecule has 0 unspecified atom stereocenters. The van der Waals surface area contributed by atoms with E-state index < -0.39 is 11.9 Å². The van der Waals surface area contributed by atoms with Gasteiger partial charge in [-0.05, 0) is 19.1 Å². The molecular formula is C22H26O7. The monoisotopic (exact) mass is 402 g/mol. The summed E-state index contributed by atoms with van der Waals surface area (Å²) in [5.74, 6) is 0.376. The Bertz CT molecular complexity index is 805. The van der Waals surface area contributed by atoms with E-state index >= 15 is 0 Å². The van der Waals surface area contributed by atoms with Gasteiger partial charge in [-0.1, -0.05) is 12.1 Å². The maximum atomic E-state index is 13.2. The van der Waals surface area contributed by atoms with Crippen molar-refractivity contribution in [1.29, 1.82) is 0 Å². The van der Waals surface area contributed by atoms with Crippen molar-refractivity contribution in [2.24, 2.45) is 0 Å². The first-order valence-corrected chi connectivity index (χ1v) is 9.11. The molecule has 0 aliphatic heterocycles. The highest BCUT2D eigenvalue weighted by Gasteiger charge is 2.30. The van der Waals surface area contributed by atoms with Gasteiger partial charge in [-0.15, -0.1) is 0 Å². The summed E-state index contributed by atoms with van der Waals surface area (Å²) in [6.45, 7) is 1.90. The third-order valence-corrected chi connectivity index (χ3v) is 4.45. The van der Waals surface area contributed by atoms with E-state index in [0.717, 1.165) is 0 Å². The number of Topliss-reactive ketones (excluding diaryl/α,β-unsaturated/α-hetero) is 1. The van der Waals surface area contributed by atoms with Crippen LogP contribution < -0.4 is 18.9 Å². The number of ether oxygens (including phenoxy) is 5. The minimum Gasteiger partial charge on any atom is -0.497 e. The zero-order chi connectivity index (χ0) is 21.4. The second kappa shape index (κ2) is 10.4. The second-order valence-corrected chi connectivity index (χ2v) is 6.10. The Labute approximate surface area is 170 Å². The van der Waals surface area contributed by atoms with Crippen LogP contribution >= 0.6 is 0 Å². The summed E-state index contributed by atoms with van der Waals surface area (Å²) >= 11 is 0. The molecule has 0 saturated heterocycles. The molecule has 2 aromatic carbocycles. The molecular weight excluding hydrogens is 376 g/mol. The van der Waals surface area contributed by atoms with Crippen LogP contribution in [0.5, 0.6) is 23.0 Å². The lowest BCUT2D eigenvalue weighted by atomic mass is 9.85. The van der Waals surface area contributed by atoms with Gasteiger partial charge >= 0.3 is 5.97 Å². The predicted molar refractivity (Wildman–Crippen MR) is 107 cm³/mol. The second-order valence-electron chi connectivity index (χ2n) is 6.10. The van der Waals surface area contributed by atoms with Crippen LogP contribution in [0.3, 0.4) is 0 Å². The highest BCUT2D eigenvalue weighted by molar-refractivity contribution is 6.01. The molecule has 7 heteroatoms. The smallest absolute Gasteiger partial charge is 0.313 e. The third kappa shape index (κ3) is 5.19. The summed E-state index contributed by atoms with van der Waals surface area (Å²) in [5, 5.41) is 0. The summed E-state index contributed by atoms with van der Waals surface area (Å²) in [7, 11) is 6.11. The molecule has 0 fully saturated rings. The maximum absolute atomic E-state index is 13.2. The fourth-order valence-corrected chi connectivity index (χ4v) is 3.08. The van der Waals surface area contributed by atoms with Crippen molar-refractivity contribution < 1.29 is 33.3 Å². The Balaban J connectivity index is 2.61. The number of rotatable bonds is 10. The highest BCUT2D eigenvalue weighted by Crippen LogP contribution is 2.40. The van der Waals surface area contributed by atoms with E-state index in [4.69, 9.17) is 23.7 Å². The number of carbonyl (C=O) groups excluding carboxylic acids is 2. The first-order chi connectivity index (χ1) is 14.0. The van der Waals surface area contributed by atoms with Crippen LogP contribution in [0.1, 0.15) is 30.4 Å². The van der Waals surface area contributed by atoms with Crippen LogP contribution in [0.25, 0.3) is 0 Å². The first-order valence-electron chi connectivity index (χ1n) is 9.11. The topological polar surface area (TPSA) is 80.3 Å². The fraction of sp³-hybridized carbons (Fsp3) is 0.364. The average molecular weight is 402 g/mol. The lowest BCUT2D eigenvalue weighted by molar-refractivity contribution is -0.145. The Hall–Kier alpha value is -3.22. The normalized spacial score (nSPS) is 10.4. The number of ketones is 1. The molecule has 7 nitrogen and oxygen atoms in total. The number of methoxy groups -OCH3 is 4. The highest BCUT2D eigenvalue weighted by atomic mass is 16.5. The van der Waals surface area contributed by atoms with Crippen LogP contribution in [0, 0.1) is 0 Å². The largest absolute Gasteiger partial charge is 0.497 e. The zero-order valence-corrected chi connectivity index (χ0v) is 17.3. The predicted octanol–water partition coefficient (Wildman–Crippen LogP) is 3.38. The van der Waals surface area contributed by atoms with Crippen LogP contribution in [0.4, 0.5) is 0 Å². The first kappa shape index (κ1) is 22.1. The number of esters is 1. The van der Waals surface area contributed by atoms with Crippen molar-refractivity contribution in [2.45, 2.75) is 19.3 Å². The van der Waals surface area contributed by atoms with E-state index in [1.54, 1.807) is 57.5 Å². The van der Waals surface area contributed by atoms with Gasteiger partial charge in [-0.3, -0.25) is 9.59 Å². The molecule has 2 aromatic rings. The summed E-state index contributed by atoms with van der Waals surface area (Å²) in [6, 6.07) is 10.3. The van der Waals surface area contributed by atoms with Crippen LogP contribution in [0.2, 0.25) is 0 Å². The standard InChI is InChI=1S/C22H26O7/c1-6-29-21(24)13-18(23)22(16-9-7-14(25-2)11-19(16)27-4)17-10-8-15(26-3)12-20(17)28-5/h7-12,22H,6,13H2,1-5H3. The SMILES string of the molecule is CCOC(=O)CC(=O)C(c1ccc(OC)cc1OC)c1ccc(OC)cc1OC. The summed E-state index contributed by atoms with van der Waals surface area (Å²) in [5.41, 5.74) is 1.18. The number of benzene rings is 2. The number of hydrogen-bond acceptors (Lipinski definition) is 7. The van der Waals surface area contributed by atoms with E-state index in [-0.39, 0.29) is 18.8 Å². The van der Waals surface area contributed by atoms with Crippen molar-refractivity contribution in [3.05, 3.63) is 47.5 Å². The fourth-order valence-electron chi connectivity index (χ4n) is 3.08. The van der Waals surface area contributed by atoms with Crippen LogP contribution in [0.15, 0.2) is 36.4 Å². The van der Waals surface area contributed by atoms with Gasteiger partial charge in [0.15, 0.2) is 5.78 Å². The molecule has 0 bridgehead atoms. The molecule has 0 heterocycles. The summed E-state index contributed by atoms with van der Waals surface area (Å²) in [4.78, 5) is 25.2. The molecule has 0 atom stereocenters. The Morgan fingerprint density at radius 1 is 0.793 bits per heavy atom. The average Bonchev–Trinajstić information content (AvgIpc) is 2.74. The summed E-state index contributed by atoms with van der Waals surface area (Å²) < 4.78 is 26.5. The van der Waals surface area contributed by atoms with Gasteiger partial charge in [0, 0.05) is 23.3 Å². The lowest BCUT2D eigenvalue weighted by Crippen LogP contribution is -2.20. The zero-order valence-electron chi connectivity index (χ0n) is 17.3. The quantitative estimate of drug-likeness (QED) is 0.445. The molecule has 0 spiro atoms. The molecule has 29 heavy (non-hydrogen) atoms. The van der Waals surface area contributed by atoms with Crippen LogP contribution in [-0.2, 0) is 14.3 Å². The molecule has 0 aliphatic rings. The molecule has 0 aliphatic carbocycles. The Kier molecular flexibility index (Phi) is 7.88. The molecule has 2 rings (SSSR count). The number of hydrogen-bond donors (Lipinski definition) is 0. The minimum atomic E-state index is -0.805. The van der Waals surface area contributed by atoms with Crippen LogP contribution in [-0.4, -0.2) is 46.8 Å². The molecule has 0 aromatic heterocycles. The minimum absolute atomic E-state index is 0.203. The van der Waals surface area contributed by atoms with Crippen molar-refractivity contribution in [2.75, 3.05) is 35.0 Å². The van der Waals surface area contributed by atoms with Gasteiger partial charge in [0.2, 0.25) is 0 Å². The molecule has 0 amide bonds. The van der Waals surface area contributed by atoms with E-state index in [2.05, 4.69) is 0 Å². The van der Waals surface area contributed by atoms with E-state index in [9.17, 15) is 9.59 Å². The number of carbonyl (C=O) groups is 2. The molecule has 0 radical (unpaired) electrons. The van der Waals surface area contributed by atoms with Gasteiger partial charge in [0.05, 0.1) is 41.0 Å².